The van der Waals surface area contributed by atoms with Crippen molar-refractivity contribution in [3.8, 4) is 0 Å². The van der Waals surface area contributed by atoms with Gasteiger partial charge < -0.3 is 5.32 Å². The van der Waals surface area contributed by atoms with Gasteiger partial charge >= 0.3 is 0 Å². The second-order valence-corrected chi connectivity index (χ2v) is 6.99. The Balaban J connectivity index is 1.94. The molecule has 3 atom stereocenters. The lowest BCUT2D eigenvalue weighted by atomic mass is 9.83. The molecule has 1 aromatic rings. The summed E-state index contributed by atoms with van der Waals surface area (Å²) < 4.78 is 5.20. The van der Waals surface area contributed by atoms with E-state index in [1.807, 2.05) is 11.8 Å². The summed E-state index contributed by atoms with van der Waals surface area (Å²) in [4.78, 5) is 4.29. The smallest absolute Gasteiger partial charge is 0.170 e. The number of thioether (sulfide) groups is 1. The molecule has 0 amide bonds. The van der Waals surface area contributed by atoms with Gasteiger partial charge in [-0.3, -0.25) is 0 Å². The SMILES string of the molecule is CCCC1CCC(NC)C(Sc2ncns2)C1. The molecule has 0 saturated heterocycles. The van der Waals surface area contributed by atoms with Crippen molar-refractivity contribution in [1.82, 2.24) is 14.7 Å². The van der Waals surface area contributed by atoms with Crippen molar-refractivity contribution in [1.29, 1.82) is 0 Å². The predicted molar refractivity (Wildman–Crippen MR) is 74.7 cm³/mol. The number of rotatable bonds is 5. The van der Waals surface area contributed by atoms with E-state index in [2.05, 4.69) is 28.6 Å². The maximum atomic E-state index is 4.29. The molecule has 1 fully saturated rings. The lowest BCUT2D eigenvalue weighted by Gasteiger charge is -2.35. The highest BCUT2D eigenvalue weighted by Gasteiger charge is 2.30. The summed E-state index contributed by atoms with van der Waals surface area (Å²) >= 11 is 3.43. The van der Waals surface area contributed by atoms with Gasteiger partial charge in [-0.05, 0) is 43.8 Å². The molecule has 96 valence electrons. The molecule has 1 saturated carbocycles. The van der Waals surface area contributed by atoms with E-state index in [-0.39, 0.29) is 0 Å². The third-order valence-electron chi connectivity index (χ3n) is 3.56. The Labute approximate surface area is 112 Å². The predicted octanol–water partition coefficient (Wildman–Crippen LogP) is 3.19. The Morgan fingerprint density at radius 3 is 3.06 bits per heavy atom. The van der Waals surface area contributed by atoms with Gasteiger partial charge in [-0.1, -0.05) is 31.5 Å². The van der Waals surface area contributed by atoms with Crippen molar-refractivity contribution >= 4 is 23.3 Å². The first-order chi connectivity index (χ1) is 8.33. The Bertz CT molecular complexity index is 316. The largest absolute Gasteiger partial charge is 0.316 e. The van der Waals surface area contributed by atoms with Crippen molar-refractivity contribution in [2.75, 3.05) is 7.05 Å². The van der Waals surface area contributed by atoms with Crippen LogP contribution in [0.15, 0.2) is 10.7 Å². The summed E-state index contributed by atoms with van der Waals surface area (Å²) in [7, 11) is 2.08. The standard InChI is InChI=1S/C12H21N3S2/c1-3-4-9-5-6-10(13-2)11(7-9)16-12-14-8-15-17-12/h8-11,13H,3-7H2,1-2H3. The molecule has 0 bridgehead atoms. The first-order valence-corrected chi connectivity index (χ1v) is 8.09. The summed E-state index contributed by atoms with van der Waals surface area (Å²) in [6, 6.07) is 0.636. The summed E-state index contributed by atoms with van der Waals surface area (Å²) in [5.74, 6) is 0.912. The molecule has 2 rings (SSSR count). The van der Waals surface area contributed by atoms with Crippen LogP contribution in [-0.4, -0.2) is 27.7 Å². The van der Waals surface area contributed by atoms with Crippen LogP contribution in [0, 0.1) is 5.92 Å². The molecule has 0 aromatic carbocycles. The first kappa shape index (κ1) is 13.3. The maximum absolute atomic E-state index is 4.29. The molecule has 3 unspecified atom stereocenters. The lowest BCUT2D eigenvalue weighted by Crippen LogP contribution is -2.40. The van der Waals surface area contributed by atoms with Crippen molar-refractivity contribution in [3.63, 3.8) is 0 Å². The minimum atomic E-state index is 0.636. The molecule has 1 N–H and O–H groups in total. The summed E-state index contributed by atoms with van der Waals surface area (Å²) in [6.45, 7) is 2.29. The fraction of sp³-hybridized carbons (Fsp3) is 0.833. The molecule has 1 aromatic heterocycles. The first-order valence-electron chi connectivity index (χ1n) is 6.44. The van der Waals surface area contributed by atoms with Gasteiger partial charge in [0.25, 0.3) is 0 Å². The Morgan fingerprint density at radius 1 is 1.53 bits per heavy atom. The summed E-state index contributed by atoms with van der Waals surface area (Å²) in [6.07, 6.45) is 8.36. The Morgan fingerprint density at radius 2 is 2.41 bits per heavy atom. The zero-order chi connectivity index (χ0) is 12.1. The molecule has 17 heavy (non-hydrogen) atoms. The van der Waals surface area contributed by atoms with Gasteiger partial charge in [0.15, 0.2) is 4.34 Å². The number of nitrogens with one attached hydrogen (secondary N) is 1. The van der Waals surface area contributed by atoms with Crippen molar-refractivity contribution < 1.29 is 0 Å². The van der Waals surface area contributed by atoms with Crippen LogP contribution >= 0.6 is 23.3 Å². The van der Waals surface area contributed by atoms with Gasteiger partial charge in [-0.25, -0.2) is 4.98 Å². The average Bonchev–Trinajstić information content (AvgIpc) is 2.83. The van der Waals surface area contributed by atoms with Gasteiger partial charge in [-0.2, -0.15) is 4.37 Å². The van der Waals surface area contributed by atoms with E-state index < -0.39 is 0 Å². The number of nitrogens with zero attached hydrogens (tertiary/aromatic N) is 2. The van der Waals surface area contributed by atoms with Gasteiger partial charge in [0.1, 0.15) is 6.33 Å². The topological polar surface area (TPSA) is 37.8 Å². The molecule has 1 heterocycles. The van der Waals surface area contributed by atoms with E-state index >= 15 is 0 Å². The van der Waals surface area contributed by atoms with Crippen molar-refractivity contribution in [3.05, 3.63) is 6.33 Å². The summed E-state index contributed by atoms with van der Waals surface area (Å²) in [5, 5.41) is 4.13. The van der Waals surface area contributed by atoms with Crippen LogP contribution in [-0.2, 0) is 0 Å². The van der Waals surface area contributed by atoms with Crippen molar-refractivity contribution in [2.24, 2.45) is 5.92 Å². The monoisotopic (exact) mass is 271 g/mol. The van der Waals surface area contributed by atoms with Crippen LogP contribution in [0.25, 0.3) is 0 Å². The van der Waals surface area contributed by atoms with E-state index in [9.17, 15) is 0 Å². The van der Waals surface area contributed by atoms with Crippen LogP contribution in [0.2, 0.25) is 0 Å². The van der Waals surface area contributed by atoms with Crippen LogP contribution < -0.4 is 5.32 Å². The van der Waals surface area contributed by atoms with E-state index in [4.69, 9.17) is 0 Å². The lowest BCUT2D eigenvalue weighted by molar-refractivity contribution is 0.295. The minimum absolute atomic E-state index is 0.636. The van der Waals surface area contributed by atoms with E-state index in [0.717, 1.165) is 10.3 Å². The normalized spacial score (nSPS) is 29.4. The molecule has 5 heteroatoms. The minimum Gasteiger partial charge on any atom is -0.316 e. The molecule has 0 radical (unpaired) electrons. The number of aromatic nitrogens is 2. The van der Waals surface area contributed by atoms with Gasteiger partial charge in [0.2, 0.25) is 0 Å². The van der Waals surface area contributed by atoms with Crippen LogP contribution in [0.4, 0.5) is 0 Å². The van der Waals surface area contributed by atoms with Gasteiger partial charge in [0, 0.05) is 11.3 Å². The fourth-order valence-corrected chi connectivity index (χ4v) is 4.81. The quantitative estimate of drug-likeness (QED) is 0.892. The van der Waals surface area contributed by atoms with E-state index in [1.54, 1.807) is 6.33 Å². The van der Waals surface area contributed by atoms with Crippen LogP contribution in [0.3, 0.4) is 0 Å². The molecule has 1 aliphatic rings. The fourth-order valence-electron chi connectivity index (χ4n) is 2.69. The van der Waals surface area contributed by atoms with Crippen molar-refractivity contribution in [2.45, 2.75) is 54.7 Å². The van der Waals surface area contributed by atoms with Crippen LogP contribution in [0.1, 0.15) is 39.0 Å². The maximum Gasteiger partial charge on any atom is 0.170 e. The Hall–Kier alpha value is -0.130. The highest BCUT2D eigenvalue weighted by molar-refractivity contribution is 8.01. The Kier molecular flexibility index (Phi) is 5.25. The molecule has 1 aliphatic carbocycles. The zero-order valence-electron chi connectivity index (χ0n) is 10.6. The number of hydrogen-bond donors (Lipinski definition) is 1. The third-order valence-corrected chi connectivity index (χ3v) is 5.67. The summed E-state index contributed by atoms with van der Waals surface area (Å²) in [5.41, 5.74) is 0. The highest BCUT2D eigenvalue weighted by atomic mass is 32.2. The molecule has 3 nitrogen and oxygen atoms in total. The molecule has 0 aliphatic heterocycles. The number of hydrogen-bond acceptors (Lipinski definition) is 5. The molecular formula is C12H21N3S2. The second kappa shape index (κ2) is 6.71. The third kappa shape index (κ3) is 3.66. The molecular weight excluding hydrogens is 250 g/mol. The zero-order valence-corrected chi connectivity index (χ0v) is 12.2. The van der Waals surface area contributed by atoms with E-state index in [1.165, 1.54) is 43.6 Å². The highest BCUT2D eigenvalue weighted by Crippen LogP contribution is 2.38. The second-order valence-electron chi connectivity index (χ2n) is 4.73. The van der Waals surface area contributed by atoms with Gasteiger partial charge in [-0.15, -0.1) is 0 Å². The molecule has 0 spiro atoms. The van der Waals surface area contributed by atoms with Gasteiger partial charge in [0.05, 0.1) is 0 Å². The average molecular weight is 271 g/mol. The van der Waals surface area contributed by atoms with E-state index in [0.29, 0.717) is 11.3 Å². The van der Waals surface area contributed by atoms with Crippen LogP contribution in [0.5, 0.6) is 0 Å².